The summed E-state index contributed by atoms with van der Waals surface area (Å²) in [6.07, 6.45) is 9.17. The molecule has 3 aromatic rings. The molecule has 0 aliphatic carbocycles. The highest BCUT2D eigenvalue weighted by atomic mass is 32.2. The first-order chi connectivity index (χ1) is 13.4. The molecule has 1 aliphatic heterocycles. The predicted molar refractivity (Wildman–Crippen MR) is 103 cm³/mol. The first-order valence-corrected chi connectivity index (χ1v) is 10.0. The molecule has 0 saturated carbocycles. The van der Waals surface area contributed by atoms with Crippen LogP contribution >= 0.6 is 11.8 Å². The Balaban J connectivity index is 1.76. The number of anilines is 1. The molecular weight excluding hydrogens is 362 g/mol. The summed E-state index contributed by atoms with van der Waals surface area (Å²) < 4.78 is 6.30. The molecule has 8 nitrogen and oxygen atoms in total. The minimum absolute atomic E-state index is 0.315. The Kier molecular flexibility index (Phi) is 5.38. The average molecular weight is 381 g/mol. The maximum absolute atomic E-state index is 6.30. The summed E-state index contributed by atoms with van der Waals surface area (Å²) >= 11 is 1.54. The quantitative estimate of drug-likeness (QED) is 0.598. The van der Waals surface area contributed by atoms with E-state index in [2.05, 4.69) is 35.5 Å². The second-order valence-electron chi connectivity index (χ2n) is 6.04. The molecule has 27 heavy (non-hydrogen) atoms. The average Bonchev–Trinajstić information content (AvgIpc) is 3.28. The van der Waals surface area contributed by atoms with Crippen molar-refractivity contribution in [3.63, 3.8) is 0 Å². The molecule has 0 radical (unpaired) electrons. The van der Waals surface area contributed by atoms with Crippen molar-refractivity contribution in [2.24, 2.45) is 0 Å². The normalized spacial score (nSPS) is 14.9. The summed E-state index contributed by atoms with van der Waals surface area (Å²) in [5.74, 6) is 1.39. The van der Waals surface area contributed by atoms with Gasteiger partial charge in [-0.15, -0.1) is 16.9 Å². The fraction of sp³-hybridized carbons (Fsp3) is 0.333. The van der Waals surface area contributed by atoms with E-state index in [-0.39, 0.29) is 5.44 Å². The van der Waals surface area contributed by atoms with Crippen LogP contribution in [0.3, 0.4) is 0 Å². The van der Waals surface area contributed by atoms with Crippen LogP contribution in [0.2, 0.25) is 0 Å². The second kappa shape index (κ2) is 8.26. The third-order valence-electron chi connectivity index (χ3n) is 4.31. The summed E-state index contributed by atoms with van der Waals surface area (Å²) in [6, 6.07) is 7.51. The number of hydrogen-bond acceptors (Lipinski definition) is 9. The first-order valence-electron chi connectivity index (χ1n) is 8.72. The number of thioether (sulfide) groups is 1. The summed E-state index contributed by atoms with van der Waals surface area (Å²) in [5.41, 5.74) is 1.95. The van der Waals surface area contributed by atoms with E-state index in [4.69, 9.17) is 4.74 Å². The Labute approximate surface area is 161 Å². The lowest BCUT2D eigenvalue weighted by molar-refractivity contribution is 0.288. The van der Waals surface area contributed by atoms with Crippen molar-refractivity contribution in [3.05, 3.63) is 48.5 Å². The Morgan fingerprint density at radius 3 is 2.44 bits per heavy atom. The Bertz CT molecular complexity index is 875. The first kappa shape index (κ1) is 17.6. The molecule has 4 heterocycles. The van der Waals surface area contributed by atoms with E-state index >= 15 is 0 Å². The third-order valence-corrected chi connectivity index (χ3v) is 5.08. The van der Waals surface area contributed by atoms with Gasteiger partial charge < -0.3 is 9.64 Å². The van der Waals surface area contributed by atoms with Gasteiger partial charge in [-0.1, -0.05) is 0 Å². The smallest absolute Gasteiger partial charge is 0.188 e. The second-order valence-corrected chi connectivity index (χ2v) is 6.94. The van der Waals surface area contributed by atoms with E-state index in [9.17, 15) is 0 Å². The highest BCUT2D eigenvalue weighted by Crippen LogP contribution is 2.39. The van der Waals surface area contributed by atoms with Crippen molar-refractivity contribution in [1.29, 1.82) is 0 Å². The molecule has 1 atom stereocenters. The highest BCUT2D eigenvalue weighted by Gasteiger charge is 2.25. The van der Waals surface area contributed by atoms with Crippen LogP contribution in [0.5, 0.6) is 5.75 Å². The van der Waals surface area contributed by atoms with Crippen LogP contribution in [0.1, 0.15) is 24.0 Å². The van der Waals surface area contributed by atoms with E-state index in [1.54, 1.807) is 18.6 Å². The number of hydrogen-bond donors (Lipinski definition) is 0. The molecule has 0 spiro atoms. The number of ether oxygens (including phenoxy) is 1. The van der Waals surface area contributed by atoms with Gasteiger partial charge in [0.15, 0.2) is 17.0 Å². The number of rotatable bonds is 6. The van der Waals surface area contributed by atoms with Gasteiger partial charge in [-0.3, -0.25) is 0 Å². The van der Waals surface area contributed by atoms with Crippen molar-refractivity contribution < 1.29 is 4.74 Å². The zero-order chi connectivity index (χ0) is 18.5. The van der Waals surface area contributed by atoms with Crippen LogP contribution in [0.4, 0.5) is 5.82 Å². The molecule has 3 aromatic heterocycles. The summed E-state index contributed by atoms with van der Waals surface area (Å²) in [4.78, 5) is 2.22. The van der Waals surface area contributed by atoms with Crippen LogP contribution in [0, 0.1) is 0 Å². The zero-order valence-electron chi connectivity index (χ0n) is 14.9. The van der Waals surface area contributed by atoms with Crippen LogP contribution < -0.4 is 9.64 Å². The van der Waals surface area contributed by atoms with Gasteiger partial charge in [-0.2, -0.15) is 25.5 Å². The standard InChI is InChI=1S/C18H19N7OS/c1-27-18(14-7-5-9-20-23-14)26-15-12-21-24-17(25-10-2-3-11-25)16(15)13-6-4-8-19-22-13/h4-9,12,18H,2-3,10-11H2,1H3. The molecule has 0 bridgehead atoms. The fourth-order valence-corrected chi connectivity index (χ4v) is 3.63. The molecule has 1 fully saturated rings. The minimum atomic E-state index is -0.315. The highest BCUT2D eigenvalue weighted by molar-refractivity contribution is 7.98. The molecule has 0 N–H and O–H groups in total. The maximum atomic E-state index is 6.30. The van der Waals surface area contributed by atoms with E-state index < -0.39 is 0 Å². The molecule has 4 rings (SSSR count). The summed E-state index contributed by atoms with van der Waals surface area (Å²) in [5, 5.41) is 25.0. The molecule has 0 amide bonds. The van der Waals surface area contributed by atoms with Gasteiger partial charge in [0.1, 0.15) is 11.4 Å². The molecule has 1 saturated heterocycles. The number of nitrogens with zero attached hydrogens (tertiary/aromatic N) is 7. The van der Waals surface area contributed by atoms with Gasteiger partial charge in [0.05, 0.1) is 11.8 Å². The SMILES string of the molecule is CSC(Oc1cnnc(N2CCCC2)c1-c1cccnn1)c1cccnn1. The van der Waals surface area contributed by atoms with E-state index in [1.807, 2.05) is 30.5 Å². The van der Waals surface area contributed by atoms with Gasteiger partial charge in [-0.05, 0) is 43.4 Å². The Hall–Kier alpha value is -2.81. The summed E-state index contributed by atoms with van der Waals surface area (Å²) in [6.45, 7) is 1.89. The van der Waals surface area contributed by atoms with Crippen molar-refractivity contribution in [2.45, 2.75) is 18.3 Å². The van der Waals surface area contributed by atoms with Crippen molar-refractivity contribution >= 4 is 17.6 Å². The third kappa shape index (κ3) is 3.82. The molecule has 1 aliphatic rings. The topological polar surface area (TPSA) is 89.8 Å². The van der Waals surface area contributed by atoms with Gasteiger partial charge in [0, 0.05) is 25.5 Å². The van der Waals surface area contributed by atoms with Gasteiger partial charge in [-0.25, -0.2) is 0 Å². The van der Waals surface area contributed by atoms with E-state index in [1.165, 1.54) is 11.8 Å². The minimum Gasteiger partial charge on any atom is -0.471 e. The molecule has 0 aromatic carbocycles. The van der Waals surface area contributed by atoms with Crippen LogP contribution in [-0.2, 0) is 0 Å². The zero-order valence-corrected chi connectivity index (χ0v) is 15.7. The fourth-order valence-electron chi connectivity index (χ4n) is 3.06. The molecule has 138 valence electrons. The maximum Gasteiger partial charge on any atom is 0.188 e. The Morgan fingerprint density at radius 1 is 1.00 bits per heavy atom. The molecular formula is C18H19N7OS. The van der Waals surface area contributed by atoms with Crippen LogP contribution in [0.15, 0.2) is 42.9 Å². The van der Waals surface area contributed by atoms with Crippen molar-refractivity contribution in [3.8, 4) is 17.0 Å². The molecule has 9 heteroatoms. The van der Waals surface area contributed by atoms with Crippen molar-refractivity contribution in [2.75, 3.05) is 24.2 Å². The lowest BCUT2D eigenvalue weighted by Crippen LogP contribution is -2.21. The van der Waals surface area contributed by atoms with Gasteiger partial charge >= 0.3 is 0 Å². The van der Waals surface area contributed by atoms with Crippen LogP contribution in [0.25, 0.3) is 11.3 Å². The lowest BCUT2D eigenvalue weighted by atomic mass is 10.1. The number of aromatic nitrogens is 6. The molecule has 1 unspecified atom stereocenters. The predicted octanol–water partition coefficient (Wildman–Crippen LogP) is 2.76. The lowest BCUT2D eigenvalue weighted by Gasteiger charge is -2.22. The monoisotopic (exact) mass is 381 g/mol. The Morgan fingerprint density at radius 2 is 1.78 bits per heavy atom. The van der Waals surface area contributed by atoms with E-state index in [0.29, 0.717) is 11.4 Å². The van der Waals surface area contributed by atoms with E-state index in [0.717, 1.165) is 43.0 Å². The van der Waals surface area contributed by atoms with Gasteiger partial charge in [0.2, 0.25) is 0 Å². The van der Waals surface area contributed by atoms with Crippen molar-refractivity contribution in [1.82, 2.24) is 30.6 Å². The van der Waals surface area contributed by atoms with Gasteiger partial charge in [0.25, 0.3) is 0 Å². The largest absolute Gasteiger partial charge is 0.471 e. The summed E-state index contributed by atoms with van der Waals surface area (Å²) in [7, 11) is 0. The van der Waals surface area contributed by atoms with Crippen LogP contribution in [-0.4, -0.2) is 49.9 Å².